The summed E-state index contributed by atoms with van der Waals surface area (Å²) in [5, 5.41) is 10.6. The van der Waals surface area contributed by atoms with Gasteiger partial charge in [0.1, 0.15) is 19.3 Å². The molecule has 0 heterocycles. The summed E-state index contributed by atoms with van der Waals surface area (Å²) in [4.78, 5) is 72.9. The third-order valence-electron chi connectivity index (χ3n) is 19.2. The summed E-state index contributed by atoms with van der Waals surface area (Å²) in [5.74, 6) is 0.972. The van der Waals surface area contributed by atoms with Gasteiger partial charge in [0.05, 0.1) is 26.4 Å². The van der Waals surface area contributed by atoms with E-state index in [4.69, 9.17) is 37.0 Å². The van der Waals surface area contributed by atoms with E-state index >= 15 is 0 Å². The minimum atomic E-state index is -4.96. The van der Waals surface area contributed by atoms with Crippen LogP contribution in [0.25, 0.3) is 0 Å². The van der Waals surface area contributed by atoms with Gasteiger partial charge in [0.15, 0.2) is 12.2 Å². The highest BCUT2D eigenvalue weighted by atomic mass is 31.2. The molecule has 3 N–H and O–H groups in total. The van der Waals surface area contributed by atoms with Crippen molar-refractivity contribution >= 4 is 39.5 Å². The number of phosphoric ester groups is 2. The van der Waals surface area contributed by atoms with Gasteiger partial charge in [-0.25, -0.2) is 9.13 Å². The molecular weight excluding hydrogens is 1310 g/mol. The lowest BCUT2D eigenvalue weighted by Crippen LogP contribution is -2.30. The molecule has 0 rings (SSSR count). The lowest BCUT2D eigenvalue weighted by molar-refractivity contribution is -0.161. The van der Waals surface area contributed by atoms with E-state index in [0.29, 0.717) is 31.6 Å². The van der Waals surface area contributed by atoms with Gasteiger partial charge in [-0.2, -0.15) is 0 Å². The average molecular weight is 1470 g/mol. The van der Waals surface area contributed by atoms with E-state index in [-0.39, 0.29) is 25.7 Å². The Balaban J connectivity index is 5.18. The van der Waals surface area contributed by atoms with Crippen LogP contribution in [0.4, 0.5) is 0 Å². The zero-order chi connectivity index (χ0) is 73.8. The van der Waals surface area contributed by atoms with E-state index in [0.717, 1.165) is 114 Å². The van der Waals surface area contributed by atoms with E-state index in [1.54, 1.807) is 0 Å². The molecule has 0 aromatic rings. The van der Waals surface area contributed by atoms with Crippen molar-refractivity contribution in [2.45, 2.75) is 433 Å². The fraction of sp³-hybridized carbons (Fsp3) is 0.951. The molecule has 3 unspecified atom stereocenters. The minimum absolute atomic E-state index is 0.106. The minimum Gasteiger partial charge on any atom is -0.462 e. The predicted octanol–water partition coefficient (Wildman–Crippen LogP) is 24.0. The van der Waals surface area contributed by atoms with Gasteiger partial charge in [-0.3, -0.25) is 37.3 Å². The van der Waals surface area contributed by atoms with Crippen LogP contribution in [0.2, 0.25) is 0 Å². The molecule has 0 bridgehead atoms. The maximum Gasteiger partial charge on any atom is 0.472 e. The van der Waals surface area contributed by atoms with Gasteiger partial charge in [-0.05, 0) is 49.4 Å². The van der Waals surface area contributed by atoms with Crippen molar-refractivity contribution in [3.8, 4) is 0 Å². The SMILES string of the molecule is CCC(C)CCCCCCCCCCCCCCCCC(=O)O[C@H](COC(=O)CCCCCCCCC(C)C)COP(=O)(O)OC[C@H](O)COP(=O)(O)OC[C@@H](COC(=O)CCCCCCCCCCCC(C)C)OC(=O)CCCCCCCCCCCCCCCCCCCCC(C)C. The number of phosphoric acid groups is 2. The molecule has 594 valence electrons. The van der Waals surface area contributed by atoms with Gasteiger partial charge in [-0.1, -0.05) is 364 Å². The van der Waals surface area contributed by atoms with E-state index in [2.05, 4.69) is 55.4 Å². The summed E-state index contributed by atoms with van der Waals surface area (Å²) in [6.07, 6.45) is 57.1. The van der Waals surface area contributed by atoms with Crippen molar-refractivity contribution in [1.82, 2.24) is 0 Å². The molecular formula is C81H158O17P2. The van der Waals surface area contributed by atoms with E-state index in [1.807, 2.05) is 0 Å². The third-order valence-corrected chi connectivity index (χ3v) is 21.1. The molecule has 0 aromatic carbocycles. The second-order valence-electron chi connectivity index (χ2n) is 30.8. The van der Waals surface area contributed by atoms with Gasteiger partial charge in [0, 0.05) is 25.7 Å². The Morgan fingerprint density at radius 1 is 0.280 bits per heavy atom. The molecule has 6 atom stereocenters. The van der Waals surface area contributed by atoms with Crippen LogP contribution in [-0.2, 0) is 65.4 Å². The van der Waals surface area contributed by atoms with Crippen molar-refractivity contribution in [3.63, 3.8) is 0 Å². The summed E-state index contributed by atoms with van der Waals surface area (Å²) in [5.41, 5.74) is 0. The van der Waals surface area contributed by atoms with E-state index in [1.165, 1.54) is 212 Å². The van der Waals surface area contributed by atoms with Crippen LogP contribution in [-0.4, -0.2) is 96.7 Å². The largest absolute Gasteiger partial charge is 0.472 e. The topological polar surface area (TPSA) is 237 Å². The van der Waals surface area contributed by atoms with Gasteiger partial charge in [0.2, 0.25) is 0 Å². The number of aliphatic hydroxyl groups excluding tert-OH is 1. The summed E-state index contributed by atoms with van der Waals surface area (Å²) < 4.78 is 68.7. The Morgan fingerprint density at radius 2 is 0.480 bits per heavy atom. The Labute approximate surface area is 613 Å². The number of aliphatic hydroxyl groups is 1. The Hall–Kier alpha value is -1.94. The maximum absolute atomic E-state index is 13.1. The molecule has 19 heteroatoms. The lowest BCUT2D eigenvalue weighted by Gasteiger charge is -2.21. The number of rotatable bonds is 78. The van der Waals surface area contributed by atoms with Gasteiger partial charge >= 0.3 is 39.5 Å². The van der Waals surface area contributed by atoms with Crippen LogP contribution in [0.3, 0.4) is 0 Å². The molecule has 0 aliphatic rings. The lowest BCUT2D eigenvalue weighted by atomic mass is 9.99. The standard InChI is InChI=1S/C81H158O17P2/c1-9-74(8)60-52-44-35-29-23-19-16-17-21-25-31-38-48-56-64-81(86)98-77(68-92-79(84)62-54-46-40-39-43-51-59-73(6)7)70-96-100(89,90)94-66-75(82)65-93-99(87,88)95-69-76(67-91-78(83)61-53-45-36-32-26-28-34-42-50-58-72(4)5)97-80(85)63-55-47-37-30-24-20-15-13-11-10-12-14-18-22-27-33-41-49-57-71(2)3/h71-77,82H,9-70H2,1-8H3,(H,87,88)(H,89,90)/t74?,75-,76-,77-/m1/s1. The molecule has 0 amide bonds. The molecule has 0 fully saturated rings. The van der Waals surface area contributed by atoms with Crippen LogP contribution < -0.4 is 0 Å². The molecule has 0 radical (unpaired) electrons. The summed E-state index contributed by atoms with van der Waals surface area (Å²) in [7, 11) is -9.92. The molecule has 0 aliphatic heterocycles. The Bertz CT molecular complexity index is 1960. The van der Waals surface area contributed by atoms with Crippen molar-refractivity contribution < 1.29 is 80.2 Å². The second kappa shape index (κ2) is 70.1. The third kappa shape index (κ3) is 73.0. The fourth-order valence-electron chi connectivity index (χ4n) is 12.4. The first kappa shape index (κ1) is 98.1. The summed E-state index contributed by atoms with van der Waals surface area (Å²) in [6, 6.07) is 0. The van der Waals surface area contributed by atoms with Crippen LogP contribution >= 0.6 is 15.6 Å². The van der Waals surface area contributed by atoms with Crippen molar-refractivity contribution in [2.75, 3.05) is 39.6 Å². The number of hydrogen-bond donors (Lipinski definition) is 3. The van der Waals surface area contributed by atoms with Crippen LogP contribution in [0.15, 0.2) is 0 Å². The number of esters is 4. The first-order valence-electron chi connectivity index (χ1n) is 41.7. The normalized spacial score (nSPS) is 14.3. The predicted molar refractivity (Wildman–Crippen MR) is 409 cm³/mol. The monoisotopic (exact) mass is 1470 g/mol. The zero-order valence-electron chi connectivity index (χ0n) is 65.8. The average Bonchev–Trinajstić information content (AvgIpc) is 0.929. The van der Waals surface area contributed by atoms with Crippen LogP contribution in [0.5, 0.6) is 0 Å². The Morgan fingerprint density at radius 3 is 0.710 bits per heavy atom. The first-order valence-corrected chi connectivity index (χ1v) is 44.7. The van der Waals surface area contributed by atoms with Crippen LogP contribution in [0, 0.1) is 23.7 Å². The Kier molecular flexibility index (Phi) is 68.7. The van der Waals surface area contributed by atoms with Gasteiger partial charge in [-0.15, -0.1) is 0 Å². The van der Waals surface area contributed by atoms with E-state index in [9.17, 15) is 43.2 Å². The fourth-order valence-corrected chi connectivity index (χ4v) is 14.0. The number of hydrogen-bond acceptors (Lipinski definition) is 15. The second-order valence-corrected chi connectivity index (χ2v) is 33.7. The van der Waals surface area contributed by atoms with Gasteiger partial charge in [0.25, 0.3) is 0 Å². The quantitative estimate of drug-likeness (QED) is 0.0222. The highest BCUT2D eigenvalue weighted by Gasteiger charge is 2.30. The highest BCUT2D eigenvalue weighted by Crippen LogP contribution is 2.45. The van der Waals surface area contributed by atoms with Crippen molar-refractivity contribution in [2.24, 2.45) is 23.7 Å². The first-order chi connectivity index (χ1) is 48.1. The number of carbonyl (C=O) groups excluding carboxylic acids is 4. The smallest absolute Gasteiger partial charge is 0.462 e. The maximum atomic E-state index is 13.1. The molecule has 0 spiro atoms. The summed E-state index contributed by atoms with van der Waals surface area (Å²) >= 11 is 0. The molecule has 0 saturated carbocycles. The van der Waals surface area contributed by atoms with E-state index < -0.39 is 97.5 Å². The van der Waals surface area contributed by atoms with Gasteiger partial charge < -0.3 is 33.8 Å². The number of carbonyl (C=O) groups is 4. The summed E-state index contributed by atoms with van der Waals surface area (Å²) in [6.45, 7) is 14.2. The molecule has 0 aromatic heterocycles. The molecule has 100 heavy (non-hydrogen) atoms. The van der Waals surface area contributed by atoms with Crippen molar-refractivity contribution in [3.05, 3.63) is 0 Å². The number of ether oxygens (including phenoxy) is 4. The molecule has 17 nitrogen and oxygen atoms in total. The number of unbranched alkanes of at least 4 members (excludes halogenated alkanes) is 43. The zero-order valence-corrected chi connectivity index (χ0v) is 67.6. The highest BCUT2D eigenvalue weighted by molar-refractivity contribution is 7.47. The molecule has 0 aliphatic carbocycles. The van der Waals surface area contributed by atoms with Crippen LogP contribution in [0.1, 0.15) is 415 Å². The molecule has 0 saturated heterocycles. The van der Waals surface area contributed by atoms with Crippen molar-refractivity contribution in [1.29, 1.82) is 0 Å².